The van der Waals surface area contributed by atoms with E-state index in [2.05, 4.69) is 4.98 Å². The van der Waals surface area contributed by atoms with E-state index < -0.39 is 0 Å². The maximum atomic E-state index is 6.05. The third kappa shape index (κ3) is 2.40. The maximum Gasteiger partial charge on any atom is 0.217 e. The highest BCUT2D eigenvalue weighted by Crippen LogP contribution is 2.35. The zero-order chi connectivity index (χ0) is 14.0. The highest BCUT2D eigenvalue weighted by molar-refractivity contribution is 5.85. The summed E-state index contributed by atoms with van der Waals surface area (Å²) in [7, 11) is 3.15. The number of ether oxygens (including phenoxy) is 2. The molecular formula is C14H17N3O2. The average Bonchev–Trinajstić information content (AvgIpc) is 2.43. The van der Waals surface area contributed by atoms with Crippen molar-refractivity contribution in [3.63, 3.8) is 0 Å². The van der Waals surface area contributed by atoms with Gasteiger partial charge in [-0.25, -0.2) is 4.98 Å². The van der Waals surface area contributed by atoms with Gasteiger partial charge in [0.15, 0.2) is 0 Å². The van der Waals surface area contributed by atoms with Gasteiger partial charge in [-0.2, -0.15) is 0 Å². The molecule has 1 aromatic heterocycles. The second kappa shape index (κ2) is 5.06. The van der Waals surface area contributed by atoms with E-state index in [0.717, 1.165) is 11.1 Å². The number of hydrogen-bond acceptors (Lipinski definition) is 5. The van der Waals surface area contributed by atoms with Crippen molar-refractivity contribution >= 4 is 11.4 Å². The van der Waals surface area contributed by atoms with Gasteiger partial charge < -0.3 is 20.9 Å². The summed E-state index contributed by atoms with van der Waals surface area (Å²) in [5.74, 6) is 1.12. The number of aromatic nitrogens is 1. The van der Waals surface area contributed by atoms with Crippen LogP contribution in [0.1, 0.15) is 5.56 Å². The largest absolute Gasteiger partial charge is 0.496 e. The van der Waals surface area contributed by atoms with Gasteiger partial charge in [-0.15, -0.1) is 0 Å². The number of rotatable bonds is 3. The first-order valence-corrected chi connectivity index (χ1v) is 5.81. The van der Waals surface area contributed by atoms with Crippen molar-refractivity contribution in [2.45, 2.75) is 6.92 Å². The molecule has 19 heavy (non-hydrogen) atoms. The van der Waals surface area contributed by atoms with Crippen LogP contribution in [0.4, 0.5) is 11.4 Å². The van der Waals surface area contributed by atoms with Crippen LogP contribution in [0, 0.1) is 6.92 Å². The molecule has 1 heterocycles. The monoisotopic (exact) mass is 259 g/mol. The van der Waals surface area contributed by atoms with Crippen LogP contribution in [0.2, 0.25) is 0 Å². The van der Waals surface area contributed by atoms with E-state index in [9.17, 15) is 0 Å². The standard InChI is InChI=1S/C14H17N3O2/c1-8-4-5-10(15)14(16)13(8)11-6-9(18-2)7-12(17-11)19-3/h4-7H,15-16H2,1-3H3. The minimum absolute atomic E-state index is 0.468. The summed E-state index contributed by atoms with van der Waals surface area (Å²) in [6, 6.07) is 7.21. The molecule has 0 aliphatic heterocycles. The van der Waals surface area contributed by atoms with Crippen LogP contribution in [0.25, 0.3) is 11.3 Å². The van der Waals surface area contributed by atoms with Crippen molar-refractivity contribution in [3.05, 3.63) is 29.8 Å². The summed E-state index contributed by atoms with van der Waals surface area (Å²) in [6.45, 7) is 1.96. The molecule has 0 spiro atoms. The van der Waals surface area contributed by atoms with E-state index in [1.54, 1.807) is 32.4 Å². The van der Waals surface area contributed by atoms with E-state index in [0.29, 0.717) is 28.7 Å². The third-order valence-electron chi connectivity index (χ3n) is 2.96. The minimum Gasteiger partial charge on any atom is -0.496 e. The van der Waals surface area contributed by atoms with Crippen LogP contribution in [-0.2, 0) is 0 Å². The Balaban J connectivity index is 2.68. The molecule has 0 unspecified atom stereocenters. The lowest BCUT2D eigenvalue weighted by atomic mass is 10.0. The molecule has 0 fully saturated rings. The van der Waals surface area contributed by atoms with E-state index >= 15 is 0 Å². The first-order chi connectivity index (χ1) is 9.06. The van der Waals surface area contributed by atoms with Gasteiger partial charge in [0.2, 0.25) is 5.88 Å². The molecule has 0 aliphatic carbocycles. The summed E-state index contributed by atoms with van der Waals surface area (Å²) in [4.78, 5) is 4.40. The third-order valence-corrected chi connectivity index (χ3v) is 2.96. The topological polar surface area (TPSA) is 83.4 Å². The zero-order valence-corrected chi connectivity index (χ0v) is 11.2. The maximum absolute atomic E-state index is 6.05. The average molecular weight is 259 g/mol. The molecule has 0 saturated carbocycles. The van der Waals surface area contributed by atoms with Crippen molar-refractivity contribution in [1.82, 2.24) is 4.98 Å². The summed E-state index contributed by atoms with van der Waals surface area (Å²) < 4.78 is 10.4. The second-order valence-corrected chi connectivity index (χ2v) is 4.19. The fourth-order valence-electron chi connectivity index (χ4n) is 1.92. The van der Waals surface area contributed by atoms with Crippen molar-refractivity contribution in [2.24, 2.45) is 0 Å². The first-order valence-electron chi connectivity index (χ1n) is 5.81. The summed E-state index contributed by atoms with van der Waals surface area (Å²) in [5, 5.41) is 0. The van der Waals surface area contributed by atoms with E-state index in [-0.39, 0.29) is 0 Å². The van der Waals surface area contributed by atoms with Gasteiger partial charge in [-0.1, -0.05) is 6.07 Å². The Morgan fingerprint density at radius 3 is 2.42 bits per heavy atom. The number of nitrogens with two attached hydrogens (primary N) is 2. The van der Waals surface area contributed by atoms with Gasteiger partial charge in [0.1, 0.15) is 5.75 Å². The number of anilines is 2. The Kier molecular flexibility index (Phi) is 3.46. The Morgan fingerprint density at radius 1 is 1.05 bits per heavy atom. The first kappa shape index (κ1) is 13.0. The van der Waals surface area contributed by atoms with Crippen LogP contribution >= 0.6 is 0 Å². The molecule has 0 atom stereocenters. The van der Waals surface area contributed by atoms with Crippen molar-refractivity contribution in [1.29, 1.82) is 0 Å². The van der Waals surface area contributed by atoms with E-state index in [1.165, 1.54) is 0 Å². The molecule has 4 N–H and O–H groups in total. The molecular weight excluding hydrogens is 242 g/mol. The van der Waals surface area contributed by atoms with Crippen LogP contribution in [-0.4, -0.2) is 19.2 Å². The number of hydrogen-bond donors (Lipinski definition) is 2. The van der Waals surface area contributed by atoms with E-state index in [1.807, 2.05) is 13.0 Å². The molecule has 5 heteroatoms. The number of benzene rings is 1. The van der Waals surface area contributed by atoms with Crippen LogP contribution < -0.4 is 20.9 Å². The molecule has 0 saturated heterocycles. The molecule has 5 nitrogen and oxygen atoms in total. The van der Waals surface area contributed by atoms with Gasteiger partial charge in [0, 0.05) is 17.7 Å². The smallest absolute Gasteiger partial charge is 0.217 e. The van der Waals surface area contributed by atoms with Crippen LogP contribution in [0.3, 0.4) is 0 Å². The SMILES string of the molecule is COc1cc(OC)nc(-c2c(C)ccc(N)c2N)c1. The predicted molar refractivity (Wildman–Crippen MR) is 76.3 cm³/mol. The molecule has 2 aromatic rings. The van der Waals surface area contributed by atoms with Gasteiger partial charge in [-0.05, 0) is 18.6 Å². The Hall–Kier alpha value is -2.43. The quantitative estimate of drug-likeness (QED) is 0.826. The minimum atomic E-state index is 0.468. The fraction of sp³-hybridized carbons (Fsp3) is 0.214. The zero-order valence-electron chi connectivity index (χ0n) is 11.2. The molecule has 0 amide bonds. The van der Waals surface area contributed by atoms with E-state index in [4.69, 9.17) is 20.9 Å². The molecule has 0 aliphatic rings. The molecule has 0 bridgehead atoms. The Bertz CT molecular complexity index is 590. The Morgan fingerprint density at radius 2 is 1.79 bits per heavy atom. The molecule has 2 rings (SSSR count). The van der Waals surface area contributed by atoms with Crippen molar-refractivity contribution in [3.8, 4) is 22.9 Å². The van der Waals surface area contributed by atoms with Gasteiger partial charge in [-0.3, -0.25) is 0 Å². The van der Waals surface area contributed by atoms with Crippen LogP contribution in [0.5, 0.6) is 11.6 Å². The molecule has 100 valence electrons. The number of aryl methyl sites for hydroxylation is 1. The summed E-state index contributed by atoms with van der Waals surface area (Å²) in [6.07, 6.45) is 0. The number of nitrogen functional groups attached to an aromatic ring is 2. The fourth-order valence-corrected chi connectivity index (χ4v) is 1.92. The number of methoxy groups -OCH3 is 2. The summed E-state index contributed by atoms with van der Waals surface area (Å²) >= 11 is 0. The van der Waals surface area contributed by atoms with Crippen molar-refractivity contribution < 1.29 is 9.47 Å². The Labute approximate surface area is 112 Å². The van der Waals surface area contributed by atoms with Gasteiger partial charge >= 0.3 is 0 Å². The lowest BCUT2D eigenvalue weighted by molar-refractivity contribution is 0.383. The van der Waals surface area contributed by atoms with Crippen LogP contribution in [0.15, 0.2) is 24.3 Å². The number of pyridine rings is 1. The van der Waals surface area contributed by atoms with Gasteiger partial charge in [0.05, 0.1) is 31.3 Å². The predicted octanol–water partition coefficient (Wildman–Crippen LogP) is 2.24. The lowest BCUT2D eigenvalue weighted by Crippen LogP contribution is -2.01. The lowest BCUT2D eigenvalue weighted by Gasteiger charge is -2.13. The van der Waals surface area contributed by atoms with Crippen molar-refractivity contribution in [2.75, 3.05) is 25.7 Å². The summed E-state index contributed by atoms with van der Waals surface area (Å²) in [5.41, 5.74) is 15.4. The highest BCUT2D eigenvalue weighted by atomic mass is 16.5. The second-order valence-electron chi connectivity index (χ2n) is 4.19. The highest BCUT2D eigenvalue weighted by Gasteiger charge is 2.13. The number of nitrogens with zero attached hydrogens (tertiary/aromatic N) is 1. The molecule has 0 radical (unpaired) electrons. The molecule has 1 aromatic carbocycles. The van der Waals surface area contributed by atoms with Gasteiger partial charge in [0.25, 0.3) is 0 Å². The normalized spacial score (nSPS) is 10.3.